The molecule has 1 fully saturated rings. The van der Waals surface area contributed by atoms with Crippen molar-refractivity contribution >= 4 is 33.3 Å². The van der Waals surface area contributed by atoms with E-state index in [2.05, 4.69) is 21.8 Å². The van der Waals surface area contributed by atoms with E-state index in [1.54, 1.807) is 6.33 Å². The van der Waals surface area contributed by atoms with Crippen molar-refractivity contribution in [3.8, 4) is 0 Å². The van der Waals surface area contributed by atoms with Gasteiger partial charge in [0.05, 0.1) is 17.6 Å². The number of anilines is 1. The van der Waals surface area contributed by atoms with Crippen molar-refractivity contribution < 1.29 is 9.53 Å². The van der Waals surface area contributed by atoms with Gasteiger partial charge in [-0.15, -0.1) is 11.3 Å². The van der Waals surface area contributed by atoms with Gasteiger partial charge in [0.2, 0.25) is 0 Å². The molecule has 3 rings (SSSR count). The second-order valence-corrected chi connectivity index (χ2v) is 6.27. The number of fused-ring (bicyclic) bond motifs is 1. The van der Waals surface area contributed by atoms with Gasteiger partial charge in [0, 0.05) is 18.5 Å². The second kappa shape index (κ2) is 5.97. The molecule has 3 heterocycles. The van der Waals surface area contributed by atoms with Crippen molar-refractivity contribution in [1.82, 2.24) is 9.97 Å². The van der Waals surface area contributed by atoms with Crippen molar-refractivity contribution in [3.05, 3.63) is 17.3 Å². The van der Waals surface area contributed by atoms with E-state index in [1.807, 2.05) is 12.3 Å². The topological polar surface area (TPSA) is 55.3 Å². The highest BCUT2D eigenvalue weighted by Crippen LogP contribution is 2.33. The molecule has 0 radical (unpaired) electrons. The molecule has 2 aromatic heterocycles. The first kappa shape index (κ1) is 14.3. The average Bonchev–Trinajstić information content (AvgIpc) is 2.92. The Morgan fingerprint density at radius 3 is 2.90 bits per heavy atom. The van der Waals surface area contributed by atoms with Crippen LogP contribution >= 0.6 is 11.3 Å². The van der Waals surface area contributed by atoms with Gasteiger partial charge < -0.3 is 9.64 Å². The molecule has 21 heavy (non-hydrogen) atoms. The quantitative estimate of drug-likeness (QED) is 0.816. The highest BCUT2D eigenvalue weighted by atomic mass is 32.1. The van der Waals surface area contributed by atoms with Gasteiger partial charge in [-0.05, 0) is 25.7 Å². The largest absolute Gasteiger partial charge is 0.462 e. The third kappa shape index (κ3) is 2.72. The van der Waals surface area contributed by atoms with E-state index in [-0.39, 0.29) is 5.97 Å². The maximum Gasteiger partial charge on any atom is 0.339 e. The Morgan fingerprint density at radius 1 is 1.43 bits per heavy atom. The number of esters is 1. The van der Waals surface area contributed by atoms with Gasteiger partial charge in [0.15, 0.2) is 0 Å². The molecular weight excluding hydrogens is 286 g/mol. The molecule has 1 aliphatic rings. The Morgan fingerprint density at radius 2 is 2.19 bits per heavy atom. The van der Waals surface area contributed by atoms with Gasteiger partial charge in [0.1, 0.15) is 17.0 Å². The lowest BCUT2D eigenvalue weighted by molar-refractivity contribution is 0.0529. The normalized spacial score (nSPS) is 16.4. The van der Waals surface area contributed by atoms with Crippen LogP contribution in [0.2, 0.25) is 0 Å². The molecule has 0 atom stereocenters. The molecule has 1 saturated heterocycles. The number of rotatable bonds is 3. The van der Waals surface area contributed by atoms with Crippen molar-refractivity contribution in [2.45, 2.75) is 26.7 Å². The van der Waals surface area contributed by atoms with Crippen LogP contribution in [0.1, 0.15) is 37.0 Å². The molecule has 0 saturated carbocycles. The van der Waals surface area contributed by atoms with Gasteiger partial charge in [-0.2, -0.15) is 0 Å². The number of piperidine rings is 1. The van der Waals surface area contributed by atoms with Crippen LogP contribution in [0.15, 0.2) is 11.7 Å². The summed E-state index contributed by atoms with van der Waals surface area (Å²) in [5, 5.41) is 2.67. The molecule has 112 valence electrons. The van der Waals surface area contributed by atoms with E-state index in [4.69, 9.17) is 4.74 Å². The lowest BCUT2D eigenvalue weighted by atomic mass is 9.99. The fraction of sp³-hybridized carbons (Fsp3) is 0.533. The Hall–Kier alpha value is -1.69. The standard InChI is InChI=1S/C15H19N3O2S/c1-3-20-15(19)11-8-21-14-12(11)13(16-9-17-14)18-6-4-10(2)5-7-18/h8-10H,3-7H2,1-2H3. The summed E-state index contributed by atoms with van der Waals surface area (Å²) in [6.07, 6.45) is 3.90. The molecule has 1 aliphatic heterocycles. The third-order valence-electron chi connectivity index (χ3n) is 3.93. The Labute approximate surface area is 128 Å². The van der Waals surface area contributed by atoms with Crippen molar-refractivity contribution in [3.63, 3.8) is 0 Å². The Balaban J connectivity index is 2.02. The number of nitrogens with zero attached hydrogens (tertiary/aromatic N) is 3. The predicted molar refractivity (Wildman–Crippen MR) is 84.0 cm³/mol. The van der Waals surface area contributed by atoms with Crippen LogP contribution in [0.25, 0.3) is 10.2 Å². The molecule has 0 unspecified atom stereocenters. The number of aromatic nitrogens is 2. The van der Waals surface area contributed by atoms with Gasteiger partial charge in [0.25, 0.3) is 0 Å². The number of hydrogen-bond acceptors (Lipinski definition) is 6. The molecule has 0 N–H and O–H groups in total. The molecular formula is C15H19N3O2S. The number of thiophene rings is 1. The summed E-state index contributed by atoms with van der Waals surface area (Å²) in [6.45, 7) is 6.43. The highest BCUT2D eigenvalue weighted by Gasteiger charge is 2.23. The van der Waals surface area contributed by atoms with E-state index in [0.29, 0.717) is 12.2 Å². The molecule has 0 amide bonds. The van der Waals surface area contributed by atoms with Crippen LogP contribution in [0.5, 0.6) is 0 Å². The van der Waals surface area contributed by atoms with E-state index < -0.39 is 0 Å². The summed E-state index contributed by atoms with van der Waals surface area (Å²) < 4.78 is 5.15. The third-order valence-corrected chi connectivity index (χ3v) is 4.82. The van der Waals surface area contributed by atoms with Crippen LogP contribution in [-0.2, 0) is 4.74 Å². The first-order chi connectivity index (χ1) is 10.2. The molecule has 6 heteroatoms. The van der Waals surface area contributed by atoms with Gasteiger partial charge >= 0.3 is 5.97 Å². The molecule has 2 aromatic rings. The fourth-order valence-electron chi connectivity index (χ4n) is 2.68. The lowest BCUT2D eigenvalue weighted by Gasteiger charge is -2.31. The summed E-state index contributed by atoms with van der Waals surface area (Å²) in [4.78, 5) is 24.0. The summed E-state index contributed by atoms with van der Waals surface area (Å²) in [7, 11) is 0. The predicted octanol–water partition coefficient (Wildman–Crippen LogP) is 3.10. The van der Waals surface area contributed by atoms with Crippen molar-refractivity contribution in [2.75, 3.05) is 24.6 Å². The summed E-state index contributed by atoms with van der Waals surface area (Å²) >= 11 is 1.47. The summed E-state index contributed by atoms with van der Waals surface area (Å²) in [6, 6.07) is 0. The van der Waals surface area contributed by atoms with E-state index >= 15 is 0 Å². The van der Waals surface area contributed by atoms with Crippen molar-refractivity contribution in [2.24, 2.45) is 5.92 Å². The summed E-state index contributed by atoms with van der Waals surface area (Å²) in [5.74, 6) is 1.34. The number of carbonyl (C=O) groups excluding carboxylic acids is 1. The maximum absolute atomic E-state index is 12.1. The first-order valence-corrected chi connectivity index (χ1v) is 8.23. The maximum atomic E-state index is 12.1. The first-order valence-electron chi connectivity index (χ1n) is 7.35. The smallest absolute Gasteiger partial charge is 0.339 e. The number of carbonyl (C=O) groups is 1. The minimum absolute atomic E-state index is 0.287. The SMILES string of the molecule is CCOC(=O)c1csc2ncnc(N3CCC(C)CC3)c12. The van der Waals surface area contributed by atoms with E-state index in [1.165, 1.54) is 11.3 Å². The van der Waals surface area contributed by atoms with Gasteiger partial charge in [-0.1, -0.05) is 6.92 Å². The molecule has 0 aromatic carbocycles. The molecule has 0 aliphatic carbocycles. The van der Waals surface area contributed by atoms with E-state index in [9.17, 15) is 4.79 Å². The van der Waals surface area contributed by atoms with Gasteiger partial charge in [-0.3, -0.25) is 0 Å². The zero-order chi connectivity index (χ0) is 14.8. The fourth-order valence-corrected chi connectivity index (χ4v) is 3.55. The number of hydrogen-bond donors (Lipinski definition) is 0. The van der Waals surface area contributed by atoms with Crippen LogP contribution in [0.3, 0.4) is 0 Å². The van der Waals surface area contributed by atoms with Crippen molar-refractivity contribution in [1.29, 1.82) is 0 Å². The van der Waals surface area contributed by atoms with Crippen LogP contribution in [0, 0.1) is 5.92 Å². The summed E-state index contributed by atoms with van der Waals surface area (Å²) in [5.41, 5.74) is 0.589. The monoisotopic (exact) mass is 305 g/mol. The van der Waals surface area contributed by atoms with E-state index in [0.717, 1.165) is 47.9 Å². The average molecular weight is 305 g/mol. The Kier molecular flexibility index (Phi) is 4.05. The highest BCUT2D eigenvalue weighted by molar-refractivity contribution is 7.17. The van der Waals surface area contributed by atoms with Gasteiger partial charge in [-0.25, -0.2) is 14.8 Å². The minimum atomic E-state index is -0.287. The second-order valence-electron chi connectivity index (χ2n) is 5.42. The Bertz CT molecular complexity index is 647. The number of ether oxygens (including phenoxy) is 1. The zero-order valence-electron chi connectivity index (χ0n) is 12.3. The lowest BCUT2D eigenvalue weighted by Crippen LogP contribution is -2.33. The molecule has 5 nitrogen and oxygen atoms in total. The van der Waals surface area contributed by atoms with Crippen LogP contribution < -0.4 is 4.90 Å². The molecule has 0 bridgehead atoms. The van der Waals surface area contributed by atoms with Crippen LogP contribution in [-0.4, -0.2) is 35.6 Å². The molecule has 0 spiro atoms. The zero-order valence-corrected chi connectivity index (χ0v) is 13.2. The van der Waals surface area contributed by atoms with Crippen LogP contribution in [0.4, 0.5) is 5.82 Å². The minimum Gasteiger partial charge on any atom is -0.462 e.